The zero-order valence-electron chi connectivity index (χ0n) is 14.3. The molecule has 0 unspecified atom stereocenters. The summed E-state index contributed by atoms with van der Waals surface area (Å²) in [5.41, 5.74) is -0.586. The highest BCUT2D eigenvalue weighted by molar-refractivity contribution is 6.08. The third-order valence-electron chi connectivity index (χ3n) is 4.76. The highest BCUT2D eigenvalue weighted by Crippen LogP contribution is 2.46. The van der Waals surface area contributed by atoms with Crippen LogP contribution >= 0.6 is 0 Å². The van der Waals surface area contributed by atoms with E-state index < -0.39 is 22.9 Å². The van der Waals surface area contributed by atoms with Gasteiger partial charge in [0.15, 0.2) is 0 Å². The van der Waals surface area contributed by atoms with Crippen molar-refractivity contribution in [1.29, 1.82) is 0 Å². The molecule has 3 aromatic rings. The van der Waals surface area contributed by atoms with E-state index in [0.717, 1.165) is 0 Å². The molecule has 0 saturated heterocycles. The van der Waals surface area contributed by atoms with Crippen LogP contribution < -0.4 is 0 Å². The third-order valence-corrected chi connectivity index (χ3v) is 4.76. The quantitative estimate of drug-likeness (QED) is 0.389. The summed E-state index contributed by atoms with van der Waals surface area (Å²) in [6.45, 7) is 0. The van der Waals surface area contributed by atoms with Gasteiger partial charge in [0.2, 0.25) is 0 Å². The van der Waals surface area contributed by atoms with Crippen LogP contribution in [0, 0.1) is 17.5 Å². The van der Waals surface area contributed by atoms with Crippen LogP contribution in [0.4, 0.5) is 13.2 Å². The molecule has 0 aliphatic carbocycles. The lowest BCUT2D eigenvalue weighted by atomic mass is 9.65. The topological polar surface area (TPSA) is 0 Å². The van der Waals surface area contributed by atoms with E-state index in [0.29, 0.717) is 12.7 Å². The highest BCUT2D eigenvalue weighted by Gasteiger charge is 2.41. The van der Waals surface area contributed by atoms with Crippen molar-refractivity contribution in [2.75, 3.05) is 0 Å². The fourth-order valence-electron chi connectivity index (χ4n) is 3.63. The number of hydrogen-bond acceptors (Lipinski definition) is 0. The summed E-state index contributed by atoms with van der Waals surface area (Å²) >= 11 is 0. The molecule has 4 heteroatoms. The van der Waals surface area contributed by atoms with Gasteiger partial charge in [0.05, 0.1) is 5.41 Å². The molecule has 26 heavy (non-hydrogen) atoms. The highest BCUT2D eigenvalue weighted by atomic mass is 19.1. The van der Waals surface area contributed by atoms with Crippen molar-refractivity contribution in [2.24, 2.45) is 0 Å². The van der Waals surface area contributed by atoms with E-state index in [9.17, 15) is 13.2 Å². The Kier molecular flexibility index (Phi) is 5.50. The first kappa shape index (κ1) is 18.3. The molecule has 0 heterocycles. The summed E-state index contributed by atoms with van der Waals surface area (Å²) in [6, 6.07) is 18.4. The van der Waals surface area contributed by atoms with Crippen molar-refractivity contribution in [3.63, 3.8) is 0 Å². The molecule has 0 saturated carbocycles. The van der Waals surface area contributed by atoms with Crippen LogP contribution in [0.15, 0.2) is 72.8 Å². The molecule has 0 amide bonds. The zero-order valence-corrected chi connectivity index (χ0v) is 14.3. The number of benzene rings is 3. The van der Waals surface area contributed by atoms with E-state index in [1.54, 1.807) is 54.6 Å². The molecular weight excluding hydrogens is 332 g/mol. The first-order valence-electron chi connectivity index (χ1n) is 8.56. The Morgan fingerprint density at radius 1 is 0.615 bits per heavy atom. The maximum absolute atomic E-state index is 14.9. The summed E-state index contributed by atoms with van der Waals surface area (Å²) in [5, 5.41) is 0. The molecular formula is C22H18BF3-. The van der Waals surface area contributed by atoms with Gasteiger partial charge in [-0.3, -0.25) is 6.32 Å². The largest absolute Gasteiger partial charge is 0.626 e. The van der Waals surface area contributed by atoms with Crippen molar-refractivity contribution in [3.05, 3.63) is 107 Å². The SMILES string of the molecule is [B-]CCCC(c1ccccc1F)(c1ccccc1F)c1ccccc1F. The van der Waals surface area contributed by atoms with Crippen LogP contribution in [0.1, 0.15) is 29.5 Å². The molecule has 0 aromatic heterocycles. The van der Waals surface area contributed by atoms with E-state index in [2.05, 4.69) is 0 Å². The first-order chi connectivity index (χ1) is 12.6. The third kappa shape index (κ3) is 3.16. The van der Waals surface area contributed by atoms with Crippen molar-refractivity contribution in [3.8, 4) is 0 Å². The summed E-state index contributed by atoms with van der Waals surface area (Å²) in [4.78, 5) is 0. The molecule has 0 bridgehead atoms. The van der Waals surface area contributed by atoms with Gasteiger partial charge in [-0.05, 0) is 24.6 Å². The Labute approximate surface area is 153 Å². The molecule has 0 nitrogen and oxygen atoms in total. The zero-order chi connectivity index (χ0) is 18.6. The number of rotatable bonds is 6. The molecule has 3 radical (unpaired) electrons. The van der Waals surface area contributed by atoms with Crippen molar-refractivity contribution in [1.82, 2.24) is 0 Å². The molecule has 0 aliphatic heterocycles. The maximum atomic E-state index is 14.9. The maximum Gasteiger partial charge on any atom is 0.127 e. The number of halogens is 3. The molecule has 0 spiro atoms. The lowest BCUT2D eigenvalue weighted by Gasteiger charge is -2.37. The normalized spacial score (nSPS) is 11.5. The van der Waals surface area contributed by atoms with Gasteiger partial charge < -0.3 is 7.85 Å². The average molecular weight is 350 g/mol. The van der Waals surface area contributed by atoms with Gasteiger partial charge in [0.25, 0.3) is 0 Å². The smallest absolute Gasteiger partial charge is 0.127 e. The summed E-state index contributed by atoms with van der Waals surface area (Å²) < 4.78 is 44.6. The molecule has 0 atom stereocenters. The second-order valence-electron chi connectivity index (χ2n) is 6.24. The van der Waals surface area contributed by atoms with Crippen LogP contribution in [0.3, 0.4) is 0 Å². The second kappa shape index (κ2) is 7.82. The van der Waals surface area contributed by atoms with Crippen LogP contribution in [-0.2, 0) is 5.41 Å². The van der Waals surface area contributed by atoms with Gasteiger partial charge in [-0.1, -0.05) is 61.0 Å². The van der Waals surface area contributed by atoms with Crippen molar-refractivity contribution < 1.29 is 13.2 Å². The molecule has 0 fully saturated rings. The minimum absolute atomic E-state index is 0.239. The van der Waals surface area contributed by atoms with Gasteiger partial charge in [0.1, 0.15) is 17.5 Å². The Balaban J connectivity index is 2.41. The van der Waals surface area contributed by atoms with E-state index in [-0.39, 0.29) is 23.1 Å². The van der Waals surface area contributed by atoms with E-state index in [1.807, 2.05) is 0 Å². The van der Waals surface area contributed by atoms with Gasteiger partial charge in [-0.2, -0.15) is 0 Å². The molecule has 3 rings (SSSR count). The fraction of sp³-hybridized carbons (Fsp3) is 0.182. The predicted octanol–water partition coefficient (Wildman–Crippen LogP) is 5.81. The molecule has 0 N–H and O–H groups in total. The van der Waals surface area contributed by atoms with E-state index in [1.165, 1.54) is 18.2 Å². The van der Waals surface area contributed by atoms with Crippen molar-refractivity contribution in [2.45, 2.75) is 24.6 Å². The van der Waals surface area contributed by atoms with Crippen LogP contribution in [0.25, 0.3) is 0 Å². The summed E-state index contributed by atoms with van der Waals surface area (Å²) in [7, 11) is 5.70. The summed E-state index contributed by atoms with van der Waals surface area (Å²) in [6.07, 6.45) is 1.10. The lowest BCUT2D eigenvalue weighted by molar-refractivity contribution is 0.458. The van der Waals surface area contributed by atoms with Crippen LogP contribution in [-0.4, -0.2) is 7.85 Å². The van der Waals surface area contributed by atoms with Gasteiger partial charge in [-0.15, -0.1) is 0 Å². The van der Waals surface area contributed by atoms with Crippen LogP contribution in [0.5, 0.6) is 0 Å². The van der Waals surface area contributed by atoms with E-state index in [4.69, 9.17) is 7.85 Å². The molecule has 131 valence electrons. The van der Waals surface area contributed by atoms with Gasteiger partial charge in [-0.25, -0.2) is 13.2 Å². The number of hydrogen-bond donors (Lipinski definition) is 0. The molecule has 3 aromatic carbocycles. The Morgan fingerprint density at radius 3 is 1.27 bits per heavy atom. The summed E-state index contributed by atoms with van der Waals surface area (Å²) in [5.74, 6) is -1.51. The lowest BCUT2D eigenvalue weighted by Crippen LogP contribution is -2.33. The van der Waals surface area contributed by atoms with Gasteiger partial charge in [0, 0.05) is 16.7 Å². The van der Waals surface area contributed by atoms with Gasteiger partial charge >= 0.3 is 0 Å². The Morgan fingerprint density at radius 2 is 0.962 bits per heavy atom. The standard InChI is InChI=1S/C22H18BF3/c23-15-7-14-22(16-8-1-4-11-19(16)24,17-9-2-5-12-20(17)25)18-10-3-6-13-21(18)26/h1-6,8-13H,7,14-15H2/q-1. The molecule has 0 aliphatic rings. The van der Waals surface area contributed by atoms with Crippen molar-refractivity contribution >= 4 is 7.85 Å². The first-order valence-corrected chi connectivity index (χ1v) is 8.56. The minimum atomic E-state index is -1.30. The monoisotopic (exact) mass is 350 g/mol. The predicted molar refractivity (Wildman–Crippen MR) is 98.9 cm³/mol. The second-order valence-corrected chi connectivity index (χ2v) is 6.24. The Hall–Kier alpha value is -2.49. The fourth-order valence-corrected chi connectivity index (χ4v) is 3.63. The van der Waals surface area contributed by atoms with Crippen LogP contribution in [0.2, 0.25) is 6.32 Å². The average Bonchev–Trinajstić information content (AvgIpc) is 2.65. The van der Waals surface area contributed by atoms with E-state index >= 15 is 0 Å². The minimum Gasteiger partial charge on any atom is -0.626 e. The Bertz CT molecular complexity index is 781.